The normalized spacial score (nSPS) is 10.4. The minimum Gasteiger partial charge on any atom is -0.397 e. The lowest BCUT2D eigenvalue weighted by Gasteiger charge is -2.01. The summed E-state index contributed by atoms with van der Waals surface area (Å²) >= 11 is 0. The van der Waals surface area contributed by atoms with E-state index in [2.05, 4.69) is 9.53 Å². The van der Waals surface area contributed by atoms with Gasteiger partial charge < -0.3 is 10.3 Å². The maximum absolute atomic E-state index is 10.8. The fourth-order valence-electron chi connectivity index (χ4n) is 0.841. The molecule has 0 unspecified atom stereocenters. The van der Waals surface area contributed by atoms with Crippen molar-refractivity contribution in [2.24, 2.45) is 0 Å². The van der Waals surface area contributed by atoms with Gasteiger partial charge in [-0.1, -0.05) is 12.1 Å². The monoisotopic (exact) mass is 214 g/mol. The predicted molar refractivity (Wildman–Crippen MR) is 46.6 cm³/mol. The molecule has 0 aliphatic rings. The minimum absolute atomic E-state index is 0.118. The molecule has 0 aromatic heterocycles. The molecule has 1 N–H and O–H groups in total. The highest BCUT2D eigenvalue weighted by Gasteiger charge is 2.15. The Hall–Kier alpha value is -1.69. The molecule has 74 valence electrons. The summed E-state index contributed by atoms with van der Waals surface area (Å²) in [6, 6.07) is 5.40. The molecule has 0 aliphatic carbocycles. The first-order valence-electron chi connectivity index (χ1n) is 3.45. The summed E-state index contributed by atoms with van der Waals surface area (Å²) in [5.74, 6) is -0.118. The predicted octanol–water partition coefficient (Wildman–Crippen LogP) is 0.570. The highest BCUT2D eigenvalue weighted by Crippen LogP contribution is 2.21. The van der Waals surface area contributed by atoms with Crippen molar-refractivity contribution >= 4 is 16.5 Å². The van der Waals surface area contributed by atoms with Crippen LogP contribution in [0.25, 0.3) is 5.53 Å². The van der Waals surface area contributed by atoms with Gasteiger partial charge in [0.15, 0.2) is 5.75 Å². The van der Waals surface area contributed by atoms with Gasteiger partial charge >= 0.3 is 6.40 Å². The van der Waals surface area contributed by atoms with Crippen LogP contribution < -0.4 is 4.74 Å². The van der Waals surface area contributed by atoms with Crippen molar-refractivity contribution in [1.82, 2.24) is 0 Å². The van der Waals surface area contributed by atoms with Crippen molar-refractivity contribution < 1.29 is 22.5 Å². The van der Waals surface area contributed by atoms with Crippen LogP contribution in [0.5, 0.6) is 5.75 Å². The molecule has 0 saturated heterocycles. The van der Waals surface area contributed by atoms with Crippen molar-refractivity contribution in [2.75, 3.05) is 0 Å². The van der Waals surface area contributed by atoms with Crippen LogP contribution >= 0.6 is 0 Å². The van der Waals surface area contributed by atoms with Gasteiger partial charge in [-0.25, -0.2) is 0 Å². The standard InChI is InChI=1S/C7H6N2O4S/c8-9-5-13-6-3-1-2-4-7(6)14(10,11)12/h1-5H,(H,10,11,12). The summed E-state index contributed by atoms with van der Waals surface area (Å²) in [5, 5.41) is 0. The Labute approximate surface area is 80.1 Å². The lowest BCUT2D eigenvalue weighted by atomic mass is 10.3. The molecule has 0 saturated carbocycles. The van der Waals surface area contributed by atoms with Gasteiger partial charge in [0.2, 0.25) is 0 Å². The summed E-state index contributed by atoms with van der Waals surface area (Å²) < 4.78 is 35.0. The van der Waals surface area contributed by atoms with Crippen molar-refractivity contribution in [3.63, 3.8) is 0 Å². The van der Waals surface area contributed by atoms with Gasteiger partial charge in [0, 0.05) is 0 Å². The van der Waals surface area contributed by atoms with E-state index < -0.39 is 10.1 Å². The summed E-state index contributed by atoms with van der Waals surface area (Å²) in [6.07, 6.45) is 0.643. The third kappa shape index (κ3) is 2.40. The topological polar surface area (TPSA) is 100 Å². The molecule has 0 amide bonds. The maximum atomic E-state index is 10.8. The second-order valence-electron chi connectivity index (χ2n) is 2.26. The number of nitrogens with zero attached hydrogens (tertiary/aromatic N) is 2. The quantitative estimate of drug-likeness (QED) is 0.261. The fraction of sp³-hybridized carbons (Fsp3) is 0. The molecule has 1 aromatic rings. The van der Waals surface area contributed by atoms with Crippen LogP contribution in [0.2, 0.25) is 0 Å². The van der Waals surface area contributed by atoms with Gasteiger partial charge in [-0.05, 0) is 12.1 Å². The van der Waals surface area contributed by atoms with E-state index in [0.29, 0.717) is 6.40 Å². The van der Waals surface area contributed by atoms with Crippen molar-refractivity contribution in [3.05, 3.63) is 29.8 Å². The van der Waals surface area contributed by atoms with Crippen LogP contribution in [0, 0.1) is 0 Å². The number of ether oxygens (including phenoxy) is 1. The Morgan fingerprint density at radius 3 is 2.64 bits per heavy atom. The van der Waals surface area contributed by atoms with Crippen LogP contribution in [0.15, 0.2) is 29.2 Å². The van der Waals surface area contributed by atoms with Crippen LogP contribution in [0.3, 0.4) is 0 Å². The van der Waals surface area contributed by atoms with Crippen molar-refractivity contribution in [1.29, 1.82) is 0 Å². The second-order valence-corrected chi connectivity index (χ2v) is 3.65. The lowest BCUT2D eigenvalue weighted by Crippen LogP contribution is -2.02. The number of hydrogen-bond donors (Lipinski definition) is 1. The zero-order chi connectivity index (χ0) is 10.6. The van der Waals surface area contributed by atoms with Gasteiger partial charge in [0.1, 0.15) is 4.90 Å². The zero-order valence-corrected chi connectivity index (χ0v) is 7.68. The molecule has 14 heavy (non-hydrogen) atoms. The SMILES string of the molecule is [N-]=[N+]=COc1ccccc1S(=O)(=O)O. The highest BCUT2D eigenvalue weighted by molar-refractivity contribution is 7.86. The zero-order valence-electron chi connectivity index (χ0n) is 6.86. The molecular weight excluding hydrogens is 208 g/mol. The Balaban J connectivity index is 3.23. The molecular formula is C7H6N2O4S. The molecule has 6 nitrogen and oxygen atoms in total. The molecule has 0 fully saturated rings. The van der Waals surface area contributed by atoms with E-state index in [4.69, 9.17) is 10.1 Å². The van der Waals surface area contributed by atoms with Crippen LogP contribution in [-0.4, -0.2) is 24.2 Å². The molecule has 0 bridgehead atoms. The first-order valence-corrected chi connectivity index (χ1v) is 4.89. The number of hydrogen-bond acceptors (Lipinski definition) is 3. The minimum atomic E-state index is -4.33. The van der Waals surface area contributed by atoms with Crippen LogP contribution in [0.4, 0.5) is 0 Å². The summed E-state index contributed by atoms with van der Waals surface area (Å²) in [4.78, 5) is 2.14. The summed E-state index contributed by atoms with van der Waals surface area (Å²) in [6.45, 7) is 0. The average Bonchev–Trinajstić information content (AvgIpc) is 2.14. The van der Waals surface area contributed by atoms with Crippen molar-refractivity contribution in [3.8, 4) is 5.75 Å². The third-order valence-electron chi connectivity index (χ3n) is 1.35. The molecule has 0 radical (unpaired) electrons. The van der Waals surface area contributed by atoms with Crippen LogP contribution in [0.1, 0.15) is 0 Å². The molecule has 1 rings (SSSR count). The third-order valence-corrected chi connectivity index (χ3v) is 2.25. The van der Waals surface area contributed by atoms with Gasteiger partial charge in [0.25, 0.3) is 10.1 Å². The fourth-order valence-corrected chi connectivity index (χ4v) is 1.46. The molecule has 1 aromatic carbocycles. The Morgan fingerprint density at radius 1 is 1.43 bits per heavy atom. The highest BCUT2D eigenvalue weighted by atomic mass is 32.2. The Morgan fingerprint density at radius 2 is 2.07 bits per heavy atom. The number of rotatable bonds is 3. The first kappa shape index (κ1) is 10.4. The Kier molecular flexibility index (Phi) is 2.98. The number of para-hydroxylation sites is 1. The van der Waals surface area contributed by atoms with Crippen LogP contribution in [-0.2, 0) is 10.1 Å². The smallest absolute Gasteiger partial charge is 0.397 e. The average molecular weight is 214 g/mol. The van der Waals surface area contributed by atoms with E-state index in [1.54, 1.807) is 0 Å². The summed E-state index contributed by atoms with van der Waals surface area (Å²) in [5.41, 5.74) is 8.05. The number of benzene rings is 1. The van der Waals surface area contributed by atoms with Gasteiger partial charge in [0.05, 0.1) is 0 Å². The largest absolute Gasteiger partial charge is 0.443 e. The second kappa shape index (κ2) is 4.01. The molecule has 0 spiro atoms. The van der Waals surface area contributed by atoms with E-state index >= 15 is 0 Å². The molecule has 0 aliphatic heterocycles. The van der Waals surface area contributed by atoms with E-state index in [0.717, 1.165) is 6.07 Å². The lowest BCUT2D eigenvalue weighted by molar-refractivity contribution is -0.0153. The van der Waals surface area contributed by atoms with E-state index in [1.165, 1.54) is 18.2 Å². The van der Waals surface area contributed by atoms with Gasteiger partial charge in [-0.15, -0.1) is 4.79 Å². The molecule has 0 atom stereocenters. The van der Waals surface area contributed by atoms with Crippen molar-refractivity contribution in [2.45, 2.75) is 4.90 Å². The van der Waals surface area contributed by atoms with Gasteiger partial charge in [-0.3, -0.25) is 4.55 Å². The first-order chi connectivity index (χ1) is 6.55. The molecule has 0 heterocycles. The van der Waals surface area contributed by atoms with E-state index in [-0.39, 0.29) is 10.6 Å². The van der Waals surface area contributed by atoms with Gasteiger partial charge in [-0.2, -0.15) is 8.42 Å². The van der Waals surface area contributed by atoms with E-state index in [9.17, 15) is 8.42 Å². The maximum Gasteiger partial charge on any atom is 0.443 e. The van der Waals surface area contributed by atoms with E-state index in [1.807, 2.05) is 0 Å². The summed E-state index contributed by atoms with van der Waals surface area (Å²) in [7, 11) is -4.33. The molecule has 7 heteroatoms. The Bertz CT molecular complexity index is 476.